The molecule has 0 aliphatic heterocycles. The Morgan fingerprint density at radius 3 is 2.05 bits per heavy atom. The van der Waals surface area contributed by atoms with Gasteiger partial charge in [0, 0.05) is 0 Å². The van der Waals surface area contributed by atoms with E-state index in [0.29, 0.717) is 5.69 Å². The molecule has 0 saturated carbocycles. The van der Waals surface area contributed by atoms with E-state index < -0.39 is 0 Å². The highest BCUT2D eigenvalue weighted by molar-refractivity contribution is 5.60. The minimum absolute atomic E-state index is 0.243. The number of aryl methyl sites for hydroxylation is 1. The van der Waals surface area contributed by atoms with Crippen LogP contribution < -0.4 is 5.73 Å². The third-order valence-corrected chi connectivity index (χ3v) is 4.01. The number of hydrogen-bond donors (Lipinski definition) is 2. The van der Waals surface area contributed by atoms with Crippen molar-refractivity contribution in [3.8, 4) is 5.75 Å². The molecule has 0 bridgehead atoms. The van der Waals surface area contributed by atoms with Crippen molar-refractivity contribution in [1.82, 2.24) is 0 Å². The van der Waals surface area contributed by atoms with Crippen LogP contribution in [0.1, 0.15) is 76.3 Å². The number of hydrogen-bond acceptors (Lipinski definition) is 2. The Morgan fingerprint density at radius 2 is 1.45 bits per heavy atom. The van der Waals surface area contributed by atoms with Gasteiger partial charge in [-0.15, -0.1) is 0 Å². The Labute approximate surface area is 124 Å². The Kier molecular flexibility index (Phi) is 8.17. The van der Waals surface area contributed by atoms with Crippen LogP contribution in [0.2, 0.25) is 0 Å². The normalized spacial score (nSPS) is 10.9. The zero-order valence-electron chi connectivity index (χ0n) is 13.3. The quantitative estimate of drug-likeness (QED) is 0.350. The van der Waals surface area contributed by atoms with Gasteiger partial charge in [-0.25, -0.2) is 0 Å². The van der Waals surface area contributed by atoms with E-state index in [1.165, 1.54) is 62.5 Å². The van der Waals surface area contributed by atoms with Crippen LogP contribution in [0.3, 0.4) is 0 Å². The van der Waals surface area contributed by atoms with Gasteiger partial charge in [-0.05, 0) is 42.9 Å². The lowest BCUT2D eigenvalue weighted by Gasteiger charge is -2.14. The van der Waals surface area contributed by atoms with Crippen LogP contribution in [0, 0.1) is 0 Å². The van der Waals surface area contributed by atoms with Gasteiger partial charge in [-0.1, -0.05) is 58.4 Å². The maximum atomic E-state index is 9.81. The van der Waals surface area contributed by atoms with Crippen molar-refractivity contribution in [2.75, 3.05) is 5.73 Å². The average molecular weight is 277 g/mol. The lowest BCUT2D eigenvalue weighted by atomic mass is 9.95. The lowest BCUT2D eigenvalue weighted by Crippen LogP contribution is -2.01. The van der Waals surface area contributed by atoms with Crippen molar-refractivity contribution in [2.24, 2.45) is 0 Å². The van der Waals surface area contributed by atoms with Crippen molar-refractivity contribution in [3.05, 3.63) is 23.3 Å². The molecule has 0 fully saturated rings. The standard InChI is InChI=1S/C18H31NO/c1-3-5-7-9-11-15-13-14-17(20)18(19)16(15)12-10-8-6-4-2/h13-14,20H,3-12,19H2,1-2H3. The number of benzene rings is 1. The van der Waals surface area contributed by atoms with Gasteiger partial charge in [-0.2, -0.15) is 0 Å². The molecular weight excluding hydrogens is 246 g/mol. The highest BCUT2D eigenvalue weighted by atomic mass is 16.3. The highest BCUT2D eigenvalue weighted by Crippen LogP contribution is 2.30. The molecule has 114 valence electrons. The SMILES string of the molecule is CCCCCCc1ccc(O)c(N)c1CCCCCC. The third kappa shape index (κ3) is 5.44. The fraction of sp³-hybridized carbons (Fsp3) is 0.667. The van der Waals surface area contributed by atoms with Crippen molar-refractivity contribution in [1.29, 1.82) is 0 Å². The number of phenols is 1. The van der Waals surface area contributed by atoms with E-state index in [0.717, 1.165) is 12.8 Å². The van der Waals surface area contributed by atoms with E-state index in [1.807, 2.05) is 0 Å². The van der Waals surface area contributed by atoms with Crippen molar-refractivity contribution < 1.29 is 5.11 Å². The first-order chi connectivity index (χ1) is 9.70. The zero-order valence-corrected chi connectivity index (χ0v) is 13.3. The molecular formula is C18H31NO. The number of aromatic hydroxyl groups is 1. The fourth-order valence-corrected chi connectivity index (χ4v) is 2.70. The fourth-order valence-electron chi connectivity index (χ4n) is 2.70. The maximum absolute atomic E-state index is 9.81. The van der Waals surface area contributed by atoms with Crippen LogP contribution >= 0.6 is 0 Å². The van der Waals surface area contributed by atoms with Crippen molar-refractivity contribution >= 4 is 5.69 Å². The summed E-state index contributed by atoms with van der Waals surface area (Å²) in [5, 5.41) is 9.81. The molecule has 2 heteroatoms. The minimum atomic E-state index is 0.243. The summed E-state index contributed by atoms with van der Waals surface area (Å²) >= 11 is 0. The summed E-state index contributed by atoms with van der Waals surface area (Å²) in [6, 6.07) is 3.81. The maximum Gasteiger partial charge on any atom is 0.138 e. The van der Waals surface area contributed by atoms with E-state index in [1.54, 1.807) is 6.07 Å². The first-order valence-electron chi connectivity index (χ1n) is 8.29. The second kappa shape index (κ2) is 9.68. The topological polar surface area (TPSA) is 46.2 Å². The smallest absolute Gasteiger partial charge is 0.138 e. The molecule has 1 aromatic carbocycles. The molecule has 0 amide bonds. The molecule has 0 radical (unpaired) electrons. The van der Waals surface area contributed by atoms with Crippen LogP contribution in [0.4, 0.5) is 5.69 Å². The molecule has 20 heavy (non-hydrogen) atoms. The second-order valence-electron chi connectivity index (χ2n) is 5.76. The number of anilines is 1. The molecule has 0 spiro atoms. The molecule has 0 saturated heterocycles. The number of rotatable bonds is 10. The van der Waals surface area contributed by atoms with Crippen LogP contribution in [0.25, 0.3) is 0 Å². The van der Waals surface area contributed by atoms with Crippen LogP contribution in [0.5, 0.6) is 5.75 Å². The van der Waals surface area contributed by atoms with Gasteiger partial charge in [-0.3, -0.25) is 0 Å². The van der Waals surface area contributed by atoms with Gasteiger partial charge in [0.15, 0.2) is 0 Å². The largest absolute Gasteiger partial charge is 0.506 e. The Hall–Kier alpha value is -1.18. The summed E-state index contributed by atoms with van der Waals surface area (Å²) in [5.41, 5.74) is 9.22. The Morgan fingerprint density at radius 1 is 0.850 bits per heavy atom. The predicted molar refractivity (Wildman–Crippen MR) is 88.2 cm³/mol. The summed E-state index contributed by atoms with van der Waals surface area (Å²) in [5.74, 6) is 0.243. The Bertz CT molecular complexity index is 387. The van der Waals surface area contributed by atoms with Gasteiger partial charge in [0.2, 0.25) is 0 Å². The molecule has 0 aliphatic rings. The first-order valence-corrected chi connectivity index (χ1v) is 8.29. The monoisotopic (exact) mass is 277 g/mol. The van der Waals surface area contributed by atoms with Gasteiger partial charge >= 0.3 is 0 Å². The lowest BCUT2D eigenvalue weighted by molar-refractivity contribution is 0.476. The Balaban J connectivity index is 2.64. The molecule has 0 atom stereocenters. The van der Waals surface area contributed by atoms with Gasteiger partial charge in [0.25, 0.3) is 0 Å². The molecule has 0 aromatic heterocycles. The third-order valence-electron chi connectivity index (χ3n) is 4.01. The minimum Gasteiger partial charge on any atom is -0.506 e. The van der Waals surface area contributed by atoms with E-state index >= 15 is 0 Å². The van der Waals surface area contributed by atoms with Crippen LogP contribution in [-0.4, -0.2) is 5.11 Å². The summed E-state index contributed by atoms with van der Waals surface area (Å²) in [4.78, 5) is 0. The molecule has 0 unspecified atom stereocenters. The van der Waals surface area contributed by atoms with Crippen LogP contribution in [0.15, 0.2) is 12.1 Å². The number of nitrogen functional groups attached to an aromatic ring is 1. The van der Waals surface area contributed by atoms with E-state index in [9.17, 15) is 5.11 Å². The molecule has 0 heterocycles. The summed E-state index contributed by atoms with van der Waals surface area (Å²) in [7, 11) is 0. The van der Waals surface area contributed by atoms with Crippen LogP contribution in [-0.2, 0) is 12.8 Å². The summed E-state index contributed by atoms with van der Waals surface area (Å²) in [6.45, 7) is 4.46. The van der Waals surface area contributed by atoms with Crippen molar-refractivity contribution in [2.45, 2.75) is 78.1 Å². The second-order valence-corrected chi connectivity index (χ2v) is 5.76. The average Bonchev–Trinajstić information content (AvgIpc) is 2.45. The zero-order chi connectivity index (χ0) is 14.8. The molecule has 0 aliphatic carbocycles. The molecule has 2 nitrogen and oxygen atoms in total. The number of nitrogens with two attached hydrogens (primary N) is 1. The van der Waals surface area contributed by atoms with E-state index in [-0.39, 0.29) is 5.75 Å². The van der Waals surface area contributed by atoms with Gasteiger partial charge in [0.1, 0.15) is 5.75 Å². The number of unbranched alkanes of at least 4 members (excludes halogenated alkanes) is 6. The summed E-state index contributed by atoms with van der Waals surface area (Å²) in [6.07, 6.45) is 12.1. The van der Waals surface area contributed by atoms with Gasteiger partial charge in [0.05, 0.1) is 5.69 Å². The summed E-state index contributed by atoms with van der Waals surface area (Å²) < 4.78 is 0. The number of phenolic OH excluding ortho intramolecular Hbond substituents is 1. The predicted octanol–water partition coefficient (Wildman–Crippen LogP) is 5.22. The molecule has 1 aromatic rings. The van der Waals surface area contributed by atoms with Gasteiger partial charge < -0.3 is 10.8 Å². The highest BCUT2D eigenvalue weighted by Gasteiger charge is 2.10. The first kappa shape index (κ1) is 16.9. The van der Waals surface area contributed by atoms with E-state index in [2.05, 4.69) is 19.9 Å². The van der Waals surface area contributed by atoms with Crippen molar-refractivity contribution in [3.63, 3.8) is 0 Å². The molecule has 3 N–H and O–H groups in total. The molecule has 1 rings (SSSR count). The van der Waals surface area contributed by atoms with E-state index in [4.69, 9.17) is 5.73 Å².